The molecule has 0 saturated carbocycles. The van der Waals surface area contributed by atoms with Crippen LogP contribution in [0.2, 0.25) is 10.0 Å². The molecule has 1 amide bonds. The van der Waals surface area contributed by atoms with Crippen LogP contribution in [0.3, 0.4) is 0 Å². The summed E-state index contributed by atoms with van der Waals surface area (Å²) < 4.78 is 0. The number of halogens is 2. The summed E-state index contributed by atoms with van der Waals surface area (Å²) in [5, 5.41) is 13.0. The Kier molecular flexibility index (Phi) is 5.90. The number of aromatic nitrogens is 2. The molecule has 2 atom stereocenters. The summed E-state index contributed by atoms with van der Waals surface area (Å²) in [7, 11) is 0. The molecule has 0 aliphatic carbocycles. The van der Waals surface area contributed by atoms with Crippen molar-refractivity contribution in [3.63, 3.8) is 0 Å². The number of benzene rings is 2. The van der Waals surface area contributed by atoms with E-state index >= 15 is 0 Å². The van der Waals surface area contributed by atoms with Crippen molar-refractivity contribution >= 4 is 45.8 Å². The van der Waals surface area contributed by atoms with Gasteiger partial charge < -0.3 is 14.9 Å². The predicted molar refractivity (Wildman–Crippen MR) is 125 cm³/mol. The van der Waals surface area contributed by atoms with Crippen LogP contribution in [-0.2, 0) is 0 Å². The topological polar surface area (TPSA) is 72.8 Å². The number of β-amino-alcohol motifs (C(OH)–C–C–N with tert-alkyl or cyclic N) is 1. The van der Waals surface area contributed by atoms with E-state index in [-0.39, 0.29) is 11.9 Å². The van der Waals surface area contributed by atoms with Gasteiger partial charge in [-0.1, -0.05) is 23.2 Å². The highest BCUT2D eigenvalue weighted by atomic mass is 35.5. The van der Waals surface area contributed by atoms with Crippen molar-refractivity contribution < 1.29 is 9.90 Å². The largest absolute Gasteiger partial charge is 0.390 e. The molecule has 0 bridgehead atoms. The molecule has 2 aliphatic rings. The number of carbonyl (C=O) groups is 1. The summed E-state index contributed by atoms with van der Waals surface area (Å²) in [5.41, 5.74) is 1.47. The molecule has 2 unspecified atom stereocenters. The van der Waals surface area contributed by atoms with Gasteiger partial charge in [0.1, 0.15) is 12.1 Å². The van der Waals surface area contributed by atoms with Crippen molar-refractivity contribution in [2.75, 3.05) is 44.2 Å². The van der Waals surface area contributed by atoms with Crippen LogP contribution in [0.5, 0.6) is 0 Å². The van der Waals surface area contributed by atoms with Crippen LogP contribution in [0.4, 0.5) is 5.82 Å². The van der Waals surface area contributed by atoms with Gasteiger partial charge in [0.05, 0.1) is 17.7 Å². The molecule has 3 aromatic rings. The van der Waals surface area contributed by atoms with Gasteiger partial charge in [0, 0.05) is 60.3 Å². The van der Waals surface area contributed by atoms with Crippen molar-refractivity contribution in [1.82, 2.24) is 19.8 Å². The van der Waals surface area contributed by atoms with Crippen LogP contribution in [0.15, 0.2) is 48.8 Å². The third-order valence-corrected chi connectivity index (χ3v) is 6.78. The predicted octanol–water partition coefficient (Wildman–Crippen LogP) is 2.94. The van der Waals surface area contributed by atoms with Crippen LogP contribution in [0.25, 0.3) is 10.9 Å². The van der Waals surface area contributed by atoms with E-state index in [0.717, 1.165) is 16.7 Å². The average molecular weight is 472 g/mol. The first kappa shape index (κ1) is 21.4. The maximum Gasteiger partial charge on any atom is 0.253 e. The van der Waals surface area contributed by atoms with Crippen LogP contribution >= 0.6 is 23.2 Å². The molecule has 2 saturated heterocycles. The molecule has 32 heavy (non-hydrogen) atoms. The number of fused-ring (bicyclic) bond motifs is 1. The number of carbonyl (C=O) groups excluding carboxylic acids is 1. The van der Waals surface area contributed by atoms with Gasteiger partial charge in [0.25, 0.3) is 5.91 Å². The second-order valence-electron chi connectivity index (χ2n) is 8.23. The van der Waals surface area contributed by atoms with Gasteiger partial charge in [-0.25, -0.2) is 9.97 Å². The summed E-state index contributed by atoms with van der Waals surface area (Å²) >= 11 is 12.1. The van der Waals surface area contributed by atoms with E-state index in [9.17, 15) is 9.90 Å². The minimum Gasteiger partial charge on any atom is -0.390 e. The lowest BCUT2D eigenvalue weighted by Crippen LogP contribution is -2.54. The number of amides is 1. The SMILES string of the molecule is O=C(c1ccc(Cl)cc1)N1CCN(C2CN(c3ncnc4ccc(Cl)cc34)CC2O)CC1. The first-order valence-electron chi connectivity index (χ1n) is 10.6. The van der Waals surface area contributed by atoms with E-state index in [0.29, 0.717) is 54.9 Å². The number of hydrogen-bond acceptors (Lipinski definition) is 6. The molecule has 3 heterocycles. The molecule has 7 nitrogen and oxygen atoms in total. The van der Waals surface area contributed by atoms with Crippen LogP contribution < -0.4 is 4.90 Å². The lowest BCUT2D eigenvalue weighted by molar-refractivity contribution is 0.0376. The minimum absolute atomic E-state index is 0.0132. The van der Waals surface area contributed by atoms with Gasteiger partial charge >= 0.3 is 0 Å². The zero-order valence-corrected chi connectivity index (χ0v) is 18.9. The molecule has 9 heteroatoms. The number of anilines is 1. The first-order chi connectivity index (χ1) is 15.5. The third-order valence-electron chi connectivity index (χ3n) is 6.30. The number of nitrogens with zero attached hydrogens (tertiary/aromatic N) is 5. The lowest BCUT2D eigenvalue weighted by atomic mass is 10.1. The van der Waals surface area contributed by atoms with E-state index in [1.165, 1.54) is 0 Å². The van der Waals surface area contributed by atoms with Crippen molar-refractivity contribution in [2.45, 2.75) is 12.1 Å². The molecule has 1 N–H and O–H groups in total. The first-order valence-corrected chi connectivity index (χ1v) is 11.4. The number of piperazine rings is 1. The highest BCUT2D eigenvalue weighted by Gasteiger charge is 2.38. The smallest absolute Gasteiger partial charge is 0.253 e. The molecule has 5 rings (SSSR count). The van der Waals surface area contributed by atoms with E-state index in [1.807, 2.05) is 23.1 Å². The van der Waals surface area contributed by atoms with Crippen LogP contribution in [-0.4, -0.2) is 82.2 Å². The molecule has 2 aliphatic heterocycles. The standard InChI is InChI=1S/C23H23Cl2N5O2/c24-16-3-1-15(2-4-16)23(32)29-9-7-28(8-10-29)20-12-30(13-21(20)31)22-18-11-17(25)5-6-19(18)26-14-27-22/h1-6,11,14,20-21,31H,7-10,12-13H2. The molecule has 2 fully saturated rings. The van der Waals surface area contributed by atoms with Gasteiger partial charge in [0.15, 0.2) is 0 Å². The van der Waals surface area contributed by atoms with Gasteiger partial charge in [-0.15, -0.1) is 0 Å². The average Bonchev–Trinajstić information content (AvgIpc) is 3.20. The summed E-state index contributed by atoms with van der Waals surface area (Å²) in [6, 6.07) is 12.5. The van der Waals surface area contributed by atoms with E-state index in [2.05, 4.69) is 19.8 Å². The Morgan fingerprint density at radius 1 is 0.938 bits per heavy atom. The highest BCUT2D eigenvalue weighted by molar-refractivity contribution is 6.31. The van der Waals surface area contributed by atoms with Crippen LogP contribution in [0, 0.1) is 0 Å². The Balaban J connectivity index is 1.26. The molecule has 0 spiro atoms. The monoisotopic (exact) mass is 471 g/mol. The Morgan fingerprint density at radius 2 is 1.66 bits per heavy atom. The van der Waals surface area contributed by atoms with Crippen molar-refractivity contribution in [2.24, 2.45) is 0 Å². The van der Waals surface area contributed by atoms with Gasteiger partial charge in [-0.05, 0) is 42.5 Å². The number of aliphatic hydroxyl groups is 1. The summed E-state index contributed by atoms with van der Waals surface area (Å²) in [4.78, 5) is 27.8. The number of aliphatic hydroxyl groups excluding tert-OH is 1. The molecule has 2 aromatic carbocycles. The van der Waals surface area contributed by atoms with Crippen molar-refractivity contribution in [3.8, 4) is 0 Å². The Morgan fingerprint density at radius 3 is 2.41 bits per heavy atom. The second kappa shape index (κ2) is 8.83. The highest BCUT2D eigenvalue weighted by Crippen LogP contribution is 2.30. The summed E-state index contributed by atoms with van der Waals surface area (Å²) in [6.07, 6.45) is 1.05. The number of rotatable bonds is 3. The van der Waals surface area contributed by atoms with Gasteiger partial charge in [0.2, 0.25) is 0 Å². The zero-order chi connectivity index (χ0) is 22.2. The lowest BCUT2D eigenvalue weighted by Gasteiger charge is -2.38. The molecular formula is C23H23Cl2N5O2. The van der Waals surface area contributed by atoms with Gasteiger partial charge in [-0.3, -0.25) is 9.69 Å². The summed E-state index contributed by atoms with van der Waals surface area (Å²) in [6.45, 7) is 3.82. The zero-order valence-electron chi connectivity index (χ0n) is 17.4. The van der Waals surface area contributed by atoms with E-state index in [4.69, 9.17) is 23.2 Å². The molecule has 166 valence electrons. The third kappa shape index (κ3) is 4.13. The van der Waals surface area contributed by atoms with E-state index in [1.54, 1.807) is 30.6 Å². The summed E-state index contributed by atoms with van der Waals surface area (Å²) in [5.74, 6) is 0.801. The van der Waals surface area contributed by atoms with E-state index < -0.39 is 6.10 Å². The maximum absolute atomic E-state index is 12.8. The van der Waals surface area contributed by atoms with Gasteiger partial charge in [-0.2, -0.15) is 0 Å². The fraction of sp³-hybridized carbons (Fsp3) is 0.348. The number of hydrogen-bond donors (Lipinski definition) is 1. The van der Waals surface area contributed by atoms with Crippen molar-refractivity contribution in [1.29, 1.82) is 0 Å². The minimum atomic E-state index is -0.502. The fourth-order valence-electron chi connectivity index (χ4n) is 4.60. The Labute approximate surface area is 196 Å². The van der Waals surface area contributed by atoms with Crippen LogP contribution in [0.1, 0.15) is 10.4 Å². The quantitative estimate of drug-likeness (QED) is 0.632. The molecule has 0 radical (unpaired) electrons. The Hall–Kier alpha value is -2.45. The second-order valence-corrected chi connectivity index (χ2v) is 9.11. The molecular weight excluding hydrogens is 449 g/mol. The maximum atomic E-state index is 12.8. The Bertz CT molecular complexity index is 1130. The normalized spacial score (nSPS) is 22.0. The fourth-order valence-corrected chi connectivity index (χ4v) is 4.90. The van der Waals surface area contributed by atoms with Crippen molar-refractivity contribution in [3.05, 3.63) is 64.4 Å². The molecule has 1 aromatic heterocycles.